The van der Waals surface area contributed by atoms with Crippen LogP contribution in [0.4, 0.5) is 0 Å². The summed E-state index contributed by atoms with van der Waals surface area (Å²) in [6, 6.07) is 26.1. The van der Waals surface area contributed by atoms with E-state index in [0.29, 0.717) is 0 Å². The zero-order chi connectivity index (χ0) is 21.6. The van der Waals surface area contributed by atoms with E-state index in [1.54, 1.807) is 7.11 Å². The number of nitrogens with one attached hydrogen (secondary N) is 1. The Kier molecular flexibility index (Phi) is 6.65. The Morgan fingerprint density at radius 1 is 0.900 bits per heavy atom. The van der Waals surface area contributed by atoms with Crippen LogP contribution in [-0.4, -0.2) is 24.3 Å². The maximum absolute atomic E-state index is 13.5. The van der Waals surface area contributed by atoms with Crippen LogP contribution in [0.25, 0.3) is 0 Å². The highest BCUT2D eigenvalue weighted by atomic mass is 16.5. The third-order valence-electron chi connectivity index (χ3n) is 5.12. The highest BCUT2D eigenvalue weighted by molar-refractivity contribution is 6.13. The van der Waals surface area contributed by atoms with Crippen molar-refractivity contribution in [1.29, 1.82) is 0 Å². The molecular formula is C25H26N2O3. The Morgan fingerprint density at radius 2 is 1.40 bits per heavy atom. The minimum Gasteiger partial charge on any atom is -0.497 e. The normalized spacial score (nSPS) is 12.8. The van der Waals surface area contributed by atoms with E-state index in [4.69, 9.17) is 10.5 Å². The van der Waals surface area contributed by atoms with E-state index < -0.39 is 17.4 Å². The van der Waals surface area contributed by atoms with Gasteiger partial charge in [0.05, 0.1) is 13.0 Å². The van der Waals surface area contributed by atoms with Gasteiger partial charge in [0.1, 0.15) is 5.75 Å². The molecule has 0 spiro atoms. The molecule has 3 N–H and O–H groups in total. The fourth-order valence-electron chi connectivity index (χ4n) is 3.31. The van der Waals surface area contributed by atoms with Crippen molar-refractivity contribution in [3.05, 3.63) is 102 Å². The quantitative estimate of drug-likeness (QED) is 0.566. The third-order valence-corrected chi connectivity index (χ3v) is 5.12. The number of rotatable bonds is 8. The summed E-state index contributed by atoms with van der Waals surface area (Å²) in [6.07, 6.45) is 0. The van der Waals surface area contributed by atoms with Gasteiger partial charge in [-0.3, -0.25) is 9.59 Å². The van der Waals surface area contributed by atoms with Crippen molar-refractivity contribution in [2.45, 2.75) is 24.9 Å². The van der Waals surface area contributed by atoms with Crippen LogP contribution < -0.4 is 15.8 Å². The third kappa shape index (κ3) is 4.75. The van der Waals surface area contributed by atoms with Crippen molar-refractivity contribution in [3.63, 3.8) is 0 Å². The van der Waals surface area contributed by atoms with Crippen LogP contribution in [0.1, 0.15) is 29.5 Å². The first-order valence-corrected chi connectivity index (χ1v) is 9.78. The van der Waals surface area contributed by atoms with Gasteiger partial charge in [-0.1, -0.05) is 72.8 Å². The van der Waals surface area contributed by atoms with Gasteiger partial charge in [0.25, 0.3) is 0 Å². The highest BCUT2D eigenvalue weighted by Gasteiger charge is 2.41. The molecule has 0 saturated heterocycles. The number of amides is 1. The van der Waals surface area contributed by atoms with Crippen molar-refractivity contribution in [2.75, 3.05) is 7.11 Å². The van der Waals surface area contributed by atoms with Crippen molar-refractivity contribution >= 4 is 11.7 Å². The van der Waals surface area contributed by atoms with E-state index in [1.807, 2.05) is 84.9 Å². The standard InChI is InChI=1S/C25H26N2O3/c1-25(26,24(29)27-17-18-13-15-21(30-2)16-14-18)23(28)22(19-9-5-3-6-10-19)20-11-7-4-8-12-20/h3-16,22H,17,26H2,1-2H3,(H,27,29)/t25-/m1/s1. The van der Waals surface area contributed by atoms with Crippen LogP contribution in [-0.2, 0) is 16.1 Å². The highest BCUT2D eigenvalue weighted by Crippen LogP contribution is 2.29. The van der Waals surface area contributed by atoms with Gasteiger partial charge in [-0.15, -0.1) is 0 Å². The summed E-state index contributed by atoms with van der Waals surface area (Å²) in [7, 11) is 1.60. The van der Waals surface area contributed by atoms with Crippen molar-refractivity contribution in [1.82, 2.24) is 5.32 Å². The minimum absolute atomic E-state index is 0.268. The monoisotopic (exact) mass is 402 g/mol. The number of ketones is 1. The summed E-state index contributed by atoms with van der Waals surface area (Å²) >= 11 is 0. The SMILES string of the molecule is COc1ccc(CNC(=O)[C@](C)(N)C(=O)C(c2ccccc2)c2ccccc2)cc1. The average molecular weight is 402 g/mol. The van der Waals surface area contributed by atoms with Crippen LogP contribution in [0.3, 0.4) is 0 Å². The Balaban J connectivity index is 1.80. The number of methoxy groups -OCH3 is 1. The summed E-state index contributed by atoms with van der Waals surface area (Å²) in [5.74, 6) is -0.765. The number of Topliss-reactive ketones (excluding diaryl/α,β-unsaturated/α-hetero) is 1. The Hall–Kier alpha value is -3.44. The molecule has 154 valence electrons. The largest absolute Gasteiger partial charge is 0.497 e. The van der Waals surface area contributed by atoms with Crippen LogP contribution in [0.15, 0.2) is 84.9 Å². The molecule has 5 heteroatoms. The summed E-state index contributed by atoms with van der Waals surface area (Å²) in [5, 5.41) is 2.79. The van der Waals surface area contributed by atoms with Crippen LogP contribution in [0.2, 0.25) is 0 Å². The zero-order valence-electron chi connectivity index (χ0n) is 17.2. The lowest BCUT2D eigenvalue weighted by molar-refractivity contribution is -0.135. The predicted octanol–water partition coefficient (Wildman–Crippen LogP) is 3.43. The van der Waals surface area contributed by atoms with Gasteiger partial charge >= 0.3 is 0 Å². The number of benzene rings is 3. The maximum atomic E-state index is 13.5. The summed E-state index contributed by atoms with van der Waals surface area (Å²) in [4.78, 5) is 26.4. The average Bonchev–Trinajstić information content (AvgIpc) is 2.79. The summed E-state index contributed by atoms with van der Waals surface area (Å²) in [6.45, 7) is 1.74. The Bertz CT molecular complexity index is 944. The van der Waals surface area contributed by atoms with Gasteiger partial charge in [0.15, 0.2) is 11.3 Å². The van der Waals surface area contributed by atoms with Gasteiger partial charge in [-0.25, -0.2) is 0 Å². The first kappa shape index (κ1) is 21.3. The second-order valence-electron chi connectivity index (χ2n) is 7.35. The molecule has 0 aliphatic rings. The molecule has 0 fully saturated rings. The molecule has 0 bridgehead atoms. The van der Waals surface area contributed by atoms with Crippen molar-refractivity contribution in [3.8, 4) is 5.75 Å². The molecular weight excluding hydrogens is 376 g/mol. The van der Waals surface area contributed by atoms with Gasteiger partial charge in [0, 0.05) is 6.54 Å². The number of ether oxygens (including phenoxy) is 1. The van der Waals surface area contributed by atoms with Gasteiger partial charge < -0.3 is 15.8 Å². The van der Waals surface area contributed by atoms with Crippen LogP contribution in [0, 0.1) is 0 Å². The molecule has 0 aliphatic carbocycles. The van der Waals surface area contributed by atoms with E-state index >= 15 is 0 Å². The van der Waals surface area contributed by atoms with Crippen molar-refractivity contribution < 1.29 is 14.3 Å². The van der Waals surface area contributed by atoms with E-state index in [9.17, 15) is 9.59 Å². The Labute approximate surface area is 176 Å². The van der Waals surface area contributed by atoms with E-state index in [1.165, 1.54) is 6.92 Å². The molecule has 0 saturated carbocycles. The Morgan fingerprint density at radius 3 is 1.87 bits per heavy atom. The fourth-order valence-corrected chi connectivity index (χ4v) is 3.31. The van der Waals surface area contributed by atoms with E-state index in [2.05, 4.69) is 5.32 Å². The smallest absolute Gasteiger partial charge is 0.247 e. The lowest BCUT2D eigenvalue weighted by Gasteiger charge is -2.28. The lowest BCUT2D eigenvalue weighted by Crippen LogP contribution is -2.58. The lowest BCUT2D eigenvalue weighted by atomic mass is 9.79. The molecule has 0 heterocycles. The number of carbonyl (C=O) groups is 2. The number of carbonyl (C=O) groups excluding carboxylic acids is 2. The van der Waals surface area contributed by atoms with Crippen LogP contribution >= 0.6 is 0 Å². The predicted molar refractivity (Wildman–Crippen MR) is 117 cm³/mol. The van der Waals surface area contributed by atoms with Gasteiger partial charge in [0.2, 0.25) is 5.91 Å². The minimum atomic E-state index is -1.69. The summed E-state index contributed by atoms with van der Waals surface area (Å²) in [5.41, 5.74) is 7.10. The fraction of sp³-hybridized carbons (Fsp3) is 0.200. The molecule has 0 aliphatic heterocycles. The number of hydrogen-bond donors (Lipinski definition) is 2. The van der Waals surface area contributed by atoms with E-state index in [-0.39, 0.29) is 12.3 Å². The first-order chi connectivity index (χ1) is 14.4. The second-order valence-corrected chi connectivity index (χ2v) is 7.35. The molecule has 1 amide bonds. The van der Waals surface area contributed by atoms with Crippen LogP contribution in [0.5, 0.6) is 5.75 Å². The molecule has 1 atom stereocenters. The molecule has 3 rings (SSSR count). The number of hydrogen-bond acceptors (Lipinski definition) is 4. The zero-order valence-corrected chi connectivity index (χ0v) is 17.2. The first-order valence-electron chi connectivity index (χ1n) is 9.78. The van der Waals surface area contributed by atoms with Gasteiger partial charge in [-0.05, 0) is 35.7 Å². The molecule has 0 radical (unpaired) electrons. The van der Waals surface area contributed by atoms with Crippen molar-refractivity contribution in [2.24, 2.45) is 5.73 Å². The molecule has 3 aromatic carbocycles. The molecule has 30 heavy (non-hydrogen) atoms. The molecule has 5 nitrogen and oxygen atoms in total. The maximum Gasteiger partial charge on any atom is 0.247 e. The number of nitrogens with two attached hydrogens (primary N) is 1. The second kappa shape index (κ2) is 9.37. The molecule has 3 aromatic rings. The summed E-state index contributed by atoms with van der Waals surface area (Å²) < 4.78 is 5.14. The topological polar surface area (TPSA) is 81.4 Å². The molecule has 0 aromatic heterocycles. The van der Waals surface area contributed by atoms with E-state index in [0.717, 1.165) is 22.4 Å². The molecule has 0 unspecified atom stereocenters. The van der Waals surface area contributed by atoms with Gasteiger partial charge in [-0.2, -0.15) is 0 Å².